The fourth-order valence-corrected chi connectivity index (χ4v) is 6.78. The maximum Gasteiger partial charge on any atom is 0.243 e. The van der Waals surface area contributed by atoms with Gasteiger partial charge in [0, 0.05) is 12.6 Å². The van der Waals surface area contributed by atoms with Crippen molar-refractivity contribution in [2.24, 2.45) is 0 Å². The molecule has 3 rings (SSSR count). The molecule has 0 aliphatic carbocycles. The van der Waals surface area contributed by atoms with Gasteiger partial charge in [-0.3, -0.25) is 0 Å². The van der Waals surface area contributed by atoms with Crippen LogP contribution in [0.2, 0.25) is 0 Å². The lowest BCUT2D eigenvalue weighted by atomic mass is 10.1. The molecule has 0 amide bonds. The average molecular weight is 444 g/mol. The lowest BCUT2D eigenvalue weighted by Gasteiger charge is -2.27. The Morgan fingerprint density at radius 1 is 1.07 bits per heavy atom. The molecule has 1 aliphatic heterocycles. The molecule has 0 spiro atoms. The predicted octanol–water partition coefficient (Wildman–Crippen LogP) is 2.22. The number of hydrogen-bond donors (Lipinski definition) is 0. The topological polar surface area (TPSA) is 90.0 Å². The van der Waals surface area contributed by atoms with Gasteiger partial charge in [0.2, 0.25) is 10.0 Å². The number of benzene rings is 2. The number of sulfone groups is 1. The van der Waals surface area contributed by atoms with Crippen LogP contribution in [0.15, 0.2) is 47.4 Å². The molecule has 2 aromatic rings. The van der Waals surface area contributed by atoms with Crippen molar-refractivity contribution in [1.82, 2.24) is 4.31 Å². The van der Waals surface area contributed by atoms with Crippen LogP contribution in [0, 0.1) is 5.82 Å². The van der Waals surface area contributed by atoms with E-state index in [-0.39, 0.29) is 29.4 Å². The van der Waals surface area contributed by atoms with E-state index in [9.17, 15) is 21.2 Å². The van der Waals surface area contributed by atoms with Crippen molar-refractivity contribution in [3.8, 4) is 11.5 Å². The minimum absolute atomic E-state index is 0.0553. The van der Waals surface area contributed by atoms with Crippen LogP contribution in [-0.2, 0) is 26.4 Å². The Morgan fingerprint density at radius 2 is 1.72 bits per heavy atom. The van der Waals surface area contributed by atoms with E-state index in [1.54, 1.807) is 18.2 Å². The molecule has 7 nitrogen and oxygen atoms in total. The van der Waals surface area contributed by atoms with Gasteiger partial charge in [0.1, 0.15) is 5.82 Å². The number of halogens is 1. The van der Waals surface area contributed by atoms with Crippen molar-refractivity contribution in [1.29, 1.82) is 0 Å². The van der Waals surface area contributed by atoms with E-state index in [0.717, 1.165) is 12.1 Å². The minimum atomic E-state index is -4.05. The number of ether oxygens (including phenoxy) is 2. The van der Waals surface area contributed by atoms with Gasteiger partial charge >= 0.3 is 0 Å². The van der Waals surface area contributed by atoms with Gasteiger partial charge < -0.3 is 9.47 Å². The molecule has 0 unspecified atom stereocenters. The molecule has 1 aliphatic rings. The molecule has 0 bridgehead atoms. The second-order valence-electron chi connectivity index (χ2n) is 6.75. The Labute approximate surface area is 170 Å². The van der Waals surface area contributed by atoms with Crippen molar-refractivity contribution in [2.45, 2.75) is 23.9 Å². The highest BCUT2D eigenvalue weighted by Gasteiger charge is 2.39. The SMILES string of the molecule is COc1ccc(CN([C@@H]2CCS(=O)(=O)C2)S(=O)(=O)c2ccc(F)cc2)cc1OC. The first-order valence-electron chi connectivity index (χ1n) is 8.85. The van der Waals surface area contributed by atoms with Crippen LogP contribution < -0.4 is 9.47 Å². The summed E-state index contributed by atoms with van der Waals surface area (Å²) in [5.41, 5.74) is 0.609. The zero-order chi connectivity index (χ0) is 21.2. The number of sulfonamides is 1. The van der Waals surface area contributed by atoms with Gasteiger partial charge in [-0.2, -0.15) is 4.31 Å². The summed E-state index contributed by atoms with van der Waals surface area (Å²) < 4.78 is 75.4. The number of hydrogen-bond acceptors (Lipinski definition) is 6. The maximum absolute atomic E-state index is 13.3. The van der Waals surface area contributed by atoms with E-state index < -0.39 is 31.7 Å². The van der Waals surface area contributed by atoms with Crippen molar-refractivity contribution in [2.75, 3.05) is 25.7 Å². The van der Waals surface area contributed by atoms with Gasteiger partial charge in [-0.15, -0.1) is 0 Å². The Bertz CT molecular complexity index is 1080. The van der Waals surface area contributed by atoms with Crippen molar-refractivity contribution in [3.05, 3.63) is 53.8 Å². The van der Waals surface area contributed by atoms with E-state index >= 15 is 0 Å². The molecule has 29 heavy (non-hydrogen) atoms. The van der Waals surface area contributed by atoms with Gasteiger partial charge in [-0.25, -0.2) is 21.2 Å². The molecule has 1 atom stereocenters. The van der Waals surface area contributed by atoms with E-state index in [1.165, 1.54) is 30.7 Å². The van der Waals surface area contributed by atoms with E-state index in [1.807, 2.05) is 0 Å². The molecular formula is C19H22FNO6S2. The summed E-state index contributed by atoms with van der Waals surface area (Å²) in [6.07, 6.45) is 0.204. The monoisotopic (exact) mass is 443 g/mol. The Hall–Kier alpha value is -2.17. The van der Waals surface area contributed by atoms with Crippen LogP contribution in [0.4, 0.5) is 4.39 Å². The lowest BCUT2D eigenvalue weighted by molar-refractivity contribution is 0.331. The van der Waals surface area contributed by atoms with Crippen LogP contribution in [0.5, 0.6) is 11.5 Å². The van der Waals surface area contributed by atoms with Gasteiger partial charge in [0.05, 0.1) is 30.6 Å². The first-order chi connectivity index (χ1) is 13.7. The standard InChI is InChI=1S/C19H22FNO6S2/c1-26-18-8-3-14(11-19(18)27-2)12-21(16-9-10-28(22,23)13-16)29(24,25)17-6-4-15(20)5-7-17/h3-8,11,16H,9-10,12-13H2,1-2H3/t16-/m1/s1. The second kappa shape index (κ2) is 8.29. The van der Waals surface area contributed by atoms with Gasteiger partial charge in [0.15, 0.2) is 21.3 Å². The third kappa shape index (κ3) is 4.71. The molecule has 2 aromatic carbocycles. The van der Waals surface area contributed by atoms with E-state index in [0.29, 0.717) is 17.1 Å². The average Bonchev–Trinajstić information content (AvgIpc) is 3.05. The molecule has 1 heterocycles. The third-order valence-corrected chi connectivity index (χ3v) is 8.49. The quantitative estimate of drug-likeness (QED) is 0.652. The first kappa shape index (κ1) is 21.5. The van der Waals surface area contributed by atoms with Crippen LogP contribution in [-0.4, -0.2) is 52.9 Å². The lowest BCUT2D eigenvalue weighted by Crippen LogP contribution is -2.40. The van der Waals surface area contributed by atoms with Crippen molar-refractivity contribution in [3.63, 3.8) is 0 Å². The predicted molar refractivity (Wildman–Crippen MR) is 106 cm³/mol. The van der Waals surface area contributed by atoms with Crippen molar-refractivity contribution >= 4 is 19.9 Å². The summed E-state index contributed by atoms with van der Waals surface area (Å²) >= 11 is 0. The van der Waals surface area contributed by atoms with E-state index in [2.05, 4.69) is 0 Å². The Morgan fingerprint density at radius 3 is 2.28 bits per heavy atom. The van der Waals surface area contributed by atoms with E-state index in [4.69, 9.17) is 9.47 Å². The summed E-state index contributed by atoms with van der Waals surface area (Å²) in [6, 6.07) is 8.77. The molecule has 1 fully saturated rings. The summed E-state index contributed by atoms with van der Waals surface area (Å²) in [6.45, 7) is -0.0553. The van der Waals surface area contributed by atoms with Gasteiger partial charge in [0.25, 0.3) is 0 Å². The van der Waals surface area contributed by atoms with Gasteiger partial charge in [-0.1, -0.05) is 6.07 Å². The number of rotatable bonds is 7. The summed E-state index contributed by atoms with van der Waals surface area (Å²) in [5, 5.41) is 0. The van der Waals surface area contributed by atoms with Crippen LogP contribution >= 0.6 is 0 Å². The van der Waals surface area contributed by atoms with Crippen LogP contribution in [0.3, 0.4) is 0 Å². The first-order valence-corrected chi connectivity index (χ1v) is 12.1. The molecule has 10 heteroatoms. The minimum Gasteiger partial charge on any atom is -0.493 e. The Balaban J connectivity index is 2.01. The van der Waals surface area contributed by atoms with Gasteiger partial charge in [-0.05, 0) is 48.4 Å². The molecule has 0 N–H and O–H groups in total. The molecule has 158 valence electrons. The number of nitrogens with zero attached hydrogens (tertiary/aromatic N) is 1. The van der Waals surface area contributed by atoms with Crippen LogP contribution in [0.1, 0.15) is 12.0 Å². The smallest absolute Gasteiger partial charge is 0.243 e. The summed E-state index contributed by atoms with van der Waals surface area (Å²) in [4.78, 5) is -0.0938. The molecular weight excluding hydrogens is 421 g/mol. The highest BCUT2D eigenvalue weighted by atomic mass is 32.2. The highest BCUT2D eigenvalue weighted by molar-refractivity contribution is 7.92. The fraction of sp³-hybridized carbons (Fsp3) is 0.368. The zero-order valence-electron chi connectivity index (χ0n) is 16.0. The number of methoxy groups -OCH3 is 2. The largest absolute Gasteiger partial charge is 0.493 e. The fourth-order valence-electron chi connectivity index (χ4n) is 3.31. The van der Waals surface area contributed by atoms with Crippen LogP contribution in [0.25, 0.3) is 0 Å². The molecule has 0 radical (unpaired) electrons. The summed E-state index contributed by atoms with van der Waals surface area (Å²) in [5.74, 6) is 0.0504. The maximum atomic E-state index is 13.3. The van der Waals surface area contributed by atoms with Crippen molar-refractivity contribution < 1.29 is 30.7 Å². The summed E-state index contributed by atoms with van der Waals surface area (Å²) in [7, 11) is -4.41. The molecule has 1 saturated heterocycles. The second-order valence-corrected chi connectivity index (χ2v) is 10.9. The zero-order valence-corrected chi connectivity index (χ0v) is 17.7. The molecule has 0 aromatic heterocycles. The normalized spacial score (nSPS) is 18.7. The third-order valence-electron chi connectivity index (χ3n) is 4.82. The Kier molecular flexibility index (Phi) is 6.16. The highest BCUT2D eigenvalue weighted by Crippen LogP contribution is 2.31. The molecule has 0 saturated carbocycles.